The standard InChI is InChI=1S/C17H23NO2/c1-12-5-4-7-15(9-12)18-17(19)14-10-13-6-2-3-8-16(13)20-11-14/h2-3,6,8,12,14-15H,4-5,7,9-11H2,1H3,(H,18,19). The summed E-state index contributed by atoms with van der Waals surface area (Å²) in [5, 5.41) is 3.23. The lowest BCUT2D eigenvalue weighted by atomic mass is 9.86. The molecular weight excluding hydrogens is 250 g/mol. The van der Waals surface area contributed by atoms with Crippen LogP contribution in [-0.2, 0) is 11.2 Å². The average Bonchev–Trinajstić information content (AvgIpc) is 2.47. The number of amides is 1. The predicted molar refractivity (Wildman–Crippen MR) is 78.7 cm³/mol. The lowest BCUT2D eigenvalue weighted by molar-refractivity contribution is -0.127. The summed E-state index contributed by atoms with van der Waals surface area (Å²) in [6, 6.07) is 8.38. The minimum Gasteiger partial charge on any atom is -0.492 e. The third-order valence-corrected chi connectivity index (χ3v) is 4.53. The molecule has 1 aromatic rings. The first-order valence-electron chi connectivity index (χ1n) is 7.73. The molecule has 1 aromatic carbocycles. The lowest BCUT2D eigenvalue weighted by Crippen LogP contribution is -2.44. The summed E-state index contributed by atoms with van der Waals surface area (Å²) in [7, 11) is 0. The van der Waals surface area contributed by atoms with Gasteiger partial charge in [0.25, 0.3) is 0 Å². The van der Waals surface area contributed by atoms with Gasteiger partial charge in [-0.3, -0.25) is 4.79 Å². The zero-order valence-electron chi connectivity index (χ0n) is 12.1. The van der Waals surface area contributed by atoms with E-state index in [9.17, 15) is 4.79 Å². The molecule has 0 bridgehead atoms. The van der Waals surface area contributed by atoms with E-state index < -0.39 is 0 Å². The zero-order chi connectivity index (χ0) is 13.9. The fourth-order valence-electron chi connectivity index (χ4n) is 3.38. The van der Waals surface area contributed by atoms with E-state index in [2.05, 4.69) is 18.3 Å². The highest BCUT2D eigenvalue weighted by atomic mass is 16.5. The maximum Gasteiger partial charge on any atom is 0.227 e. The maximum absolute atomic E-state index is 12.4. The molecule has 3 heteroatoms. The normalized spacial score (nSPS) is 29.1. The van der Waals surface area contributed by atoms with Crippen molar-refractivity contribution in [3.63, 3.8) is 0 Å². The Hall–Kier alpha value is -1.51. The molecule has 3 nitrogen and oxygen atoms in total. The molecule has 3 rings (SSSR count). The number of hydrogen-bond acceptors (Lipinski definition) is 2. The quantitative estimate of drug-likeness (QED) is 0.899. The van der Waals surface area contributed by atoms with Gasteiger partial charge in [-0.25, -0.2) is 0 Å². The highest BCUT2D eigenvalue weighted by molar-refractivity contribution is 5.79. The number of hydrogen-bond donors (Lipinski definition) is 1. The fourth-order valence-corrected chi connectivity index (χ4v) is 3.38. The molecule has 2 aliphatic rings. The van der Waals surface area contributed by atoms with Gasteiger partial charge in [-0.05, 0) is 36.8 Å². The van der Waals surface area contributed by atoms with E-state index in [4.69, 9.17) is 4.74 Å². The van der Waals surface area contributed by atoms with Crippen molar-refractivity contribution in [1.29, 1.82) is 0 Å². The summed E-state index contributed by atoms with van der Waals surface area (Å²) in [6.45, 7) is 2.78. The summed E-state index contributed by atoms with van der Waals surface area (Å²) in [5.41, 5.74) is 1.15. The molecular formula is C17H23NO2. The van der Waals surface area contributed by atoms with Gasteiger partial charge in [0.05, 0.1) is 5.92 Å². The first-order chi connectivity index (χ1) is 9.72. The second kappa shape index (κ2) is 5.86. The topological polar surface area (TPSA) is 38.3 Å². The van der Waals surface area contributed by atoms with Crippen LogP contribution in [0.5, 0.6) is 5.75 Å². The van der Waals surface area contributed by atoms with Gasteiger partial charge in [0, 0.05) is 6.04 Å². The van der Waals surface area contributed by atoms with Crippen LogP contribution in [0.15, 0.2) is 24.3 Å². The minimum absolute atomic E-state index is 0.0397. The van der Waals surface area contributed by atoms with Gasteiger partial charge < -0.3 is 10.1 Å². The van der Waals surface area contributed by atoms with E-state index in [1.807, 2.05) is 18.2 Å². The number of nitrogens with one attached hydrogen (secondary N) is 1. The summed E-state index contributed by atoms with van der Waals surface area (Å²) in [4.78, 5) is 12.4. The molecule has 1 aliphatic carbocycles. The molecule has 0 spiro atoms. The third kappa shape index (κ3) is 2.97. The second-order valence-corrected chi connectivity index (χ2v) is 6.30. The van der Waals surface area contributed by atoms with Gasteiger partial charge in [-0.1, -0.05) is 38.0 Å². The van der Waals surface area contributed by atoms with Crippen molar-refractivity contribution in [3.8, 4) is 5.75 Å². The van der Waals surface area contributed by atoms with Gasteiger partial charge in [0.15, 0.2) is 0 Å². The Bertz CT molecular complexity index is 486. The Morgan fingerprint density at radius 2 is 2.15 bits per heavy atom. The predicted octanol–water partition coefficient (Wildman–Crippen LogP) is 2.93. The molecule has 3 unspecified atom stereocenters. The van der Waals surface area contributed by atoms with Gasteiger partial charge >= 0.3 is 0 Å². The van der Waals surface area contributed by atoms with Crippen LogP contribution in [0.25, 0.3) is 0 Å². The Labute approximate surface area is 120 Å². The number of rotatable bonds is 2. The van der Waals surface area contributed by atoms with Gasteiger partial charge in [-0.15, -0.1) is 0 Å². The molecule has 108 valence electrons. The van der Waals surface area contributed by atoms with Crippen LogP contribution in [0.4, 0.5) is 0 Å². The largest absolute Gasteiger partial charge is 0.492 e. The molecule has 1 amide bonds. The molecule has 3 atom stereocenters. The van der Waals surface area contributed by atoms with Crippen LogP contribution in [0.2, 0.25) is 0 Å². The summed E-state index contributed by atoms with van der Waals surface area (Å²) >= 11 is 0. The molecule has 1 N–H and O–H groups in total. The SMILES string of the molecule is CC1CCCC(NC(=O)C2COc3ccccc3C2)C1. The summed E-state index contributed by atoms with van der Waals surface area (Å²) in [5.74, 6) is 1.79. The van der Waals surface area contributed by atoms with Crippen molar-refractivity contribution >= 4 is 5.91 Å². The molecule has 1 fully saturated rings. The summed E-state index contributed by atoms with van der Waals surface area (Å²) in [6.07, 6.45) is 5.57. The van der Waals surface area contributed by atoms with Crippen LogP contribution in [0.1, 0.15) is 38.2 Å². The van der Waals surface area contributed by atoms with E-state index in [1.165, 1.54) is 12.8 Å². The van der Waals surface area contributed by atoms with Crippen LogP contribution >= 0.6 is 0 Å². The molecule has 0 aromatic heterocycles. The highest BCUT2D eigenvalue weighted by Gasteiger charge is 2.28. The number of para-hydroxylation sites is 1. The first-order valence-corrected chi connectivity index (χ1v) is 7.73. The Kier molecular flexibility index (Phi) is 3.95. The van der Waals surface area contributed by atoms with Crippen LogP contribution < -0.4 is 10.1 Å². The number of fused-ring (bicyclic) bond motifs is 1. The molecule has 1 saturated carbocycles. The first kappa shape index (κ1) is 13.5. The van der Waals surface area contributed by atoms with Crippen molar-refractivity contribution in [2.75, 3.05) is 6.61 Å². The van der Waals surface area contributed by atoms with Crippen molar-refractivity contribution in [1.82, 2.24) is 5.32 Å². The van der Waals surface area contributed by atoms with E-state index >= 15 is 0 Å². The van der Waals surface area contributed by atoms with Gasteiger partial charge in [0.1, 0.15) is 12.4 Å². The monoisotopic (exact) mass is 273 g/mol. The molecule has 1 aliphatic heterocycles. The Morgan fingerprint density at radius 3 is 3.00 bits per heavy atom. The number of carbonyl (C=O) groups excluding carboxylic acids is 1. The average molecular weight is 273 g/mol. The Balaban J connectivity index is 1.59. The van der Waals surface area contributed by atoms with Crippen molar-refractivity contribution in [2.24, 2.45) is 11.8 Å². The van der Waals surface area contributed by atoms with E-state index in [0.717, 1.165) is 36.5 Å². The number of benzene rings is 1. The minimum atomic E-state index is -0.0397. The second-order valence-electron chi connectivity index (χ2n) is 6.30. The van der Waals surface area contributed by atoms with E-state index in [0.29, 0.717) is 12.6 Å². The highest BCUT2D eigenvalue weighted by Crippen LogP contribution is 2.28. The van der Waals surface area contributed by atoms with Crippen molar-refractivity contribution in [3.05, 3.63) is 29.8 Å². The lowest BCUT2D eigenvalue weighted by Gasteiger charge is -2.30. The van der Waals surface area contributed by atoms with Gasteiger partial charge in [-0.2, -0.15) is 0 Å². The molecule has 20 heavy (non-hydrogen) atoms. The molecule has 0 saturated heterocycles. The number of carbonyl (C=O) groups is 1. The van der Waals surface area contributed by atoms with Crippen LogP contribution in [0.3, 0.4) is 0 Å². The molecule has 1 heterocycles. The fraction of sp³-hybridized carbons (Fsp3) is 0.588. The van der Waals surface area contributed by atoms with Crippen LogP contribution in [-0.4, -0.2) is 18.6 Å². The number of ether oxygens (including phenoxy) is 1. The van der Waals surface area contributed by atoms with Crippen molar-refractivity contribution in [2.45, 2.75) is 45.1 Å². The van der Waals surface area contributed by atoms with Gasteiger partial charge in [0.2, 0.25) is 5.91 Å². The van der Waals surface area contributed by atoms with Crippen molar-refractivity contribution < 1.29 is 9.53 Å². The van der Waals surface area contributed by atoms with Crippen LogP contribution in [0, 0.1) is 11.8 Å². The Morgan fingerprint density at radius 1 is 1.30 bits per heavy atom. The van der Waals surface area contributed by atoms with E-state index in [-0.39, 0.29) is 11.8 Å². The van der Waals surface area contributed by atoms with E-state index in [1.54, 1.807) is 0 Å². The smallest absolute Gasteiger partial charge is 0.227 e. The summed E-state index contributed by atoms with van der Waals surface area (Å²) < 4.78 is 5.71. The third-order valence-electron chi connectivity index (χ3n) is 4.53. The zero-order valence-corrected chi connectivity index (χ0v) is 12.1. The maximum atomic E-state index is 12.4. The molecule has 0 radical (unpaired) electrons.